The van der Waals surface area contributed by atoms with Gasteiger partial charge in [-0.05, 0) is 37.8 Å². The van der Waals surface area contributed by atoms with Crippen LogP contribution in [-0.4, -0.2) is 13.1 Å². The maximum absolute atomic E-state index is 13.6. The first-order valence-corrected chi connectivity index (χ1v) is 5.39. The minimum atomic E-state index is -0.710. The van der Waals surface area contributed by atoms with Gasteiger partial charge in [-0.3, -0.25) is 0 Å². The predicted molar refractivity (Wildman–Crippen MR) is 57.2 cm³/mol. The average Bonchev–Trinajstić information content (AvgIpc) is 2.27. The topological polar surface area (TPSA) is 3.24 Å². The molecule has 1 heterocycles. The van der Waals surface area contributed by atoms with Crippen molar-refractivity contribution in [2.75, 3.05) is 18.0 Å². The van der Waals surface area contributed by atoms with Crippen LogP contribution in [0.1, 0.15) is 24.8 Å². The van der Waals surface area contributed by atoms with Gasteiger partial charge in [-0.15, -0.1) is 0 Å². The van der Waals surface area contributed by atoms with Crippen molar-refractivity contribution >= 4 is 5.69 Å². The zero-order chi connectivity index (χ0) is 10.8. The highest BCUT2D eigenvalue weighted by Crippen LogP contribution is 2.26. The Morgan fingerprint density at radius 2 is 1.67 bits per heavy atom. The van der Waals surface area contributed by atoms with Crippen molar-refractivity contribution in [3.63, 3.8) is 0 Å². The minimum Gasteiger partial charge on any atom is -0.369 e. The second kappa shape index (κ2) is 4.17. The summed E-state index contributed by atoms with van der Waals surface area (Å²) in [4.78, 5) is 1.93. The van der Waals surface area contributed by atoms with Crippen molar-refractivity contribution in [3.8, 4) is 0 Å². The van der Waals surface area contributed by atoms with E-state index in [1.54, 1.807) is 19.1 Å². The summed E-state index contributed by atoms with van der Waals surface area (Å²) in [6, 6.07) is 3.32. The highest BCUT2D eigenvalue weighted by atomic mass is 19.2. The summed E-state index contributed by atoms with van der Waals surface area (Å²) in [5, 5.41) is 0. The zero-order valence-corrected chi connectivity index (χ0v) is 8.89. The molecule has 1 saturated heterocycles. The summed E-state index contributed by atoms with van der Waals surface area (Å²) in [5.41, 5.74) is 0.783. The lowest BCUT2D eigenvalue weighted by atomic mass is 10.1. The molecule has 0 spiro atoms. The van der Waals surface area contributed by atoms with E-state index in [1.807, 2.05) is 4.90 Å². The van der Waals surface area contributed by atoms with E-state index in [-0.39, 0.29) is 0 Å². The average molecular weight is 211 g/mol. The summed E-state index contributed by atoms with van der Waals surface area (Å²) in [6.07, 6.45) is 3.32. The van der Waals surface area contributed by atoms with E-state index in [1.165, 1.54) is 6.42 Å². The molecular formula is C12H15F2N. The van der Waals surface area contributed by atoms with E-state index in [4.69, 9.17) is 0 Å². The number of anilines is 1. The first-order chi connectivity index (χ1) is 7.20. The Morgan fingerprint density at radius 1 is 1.00 bits per heavy atom. The Hall–Kier alpha value is -1.12. The number of benzene rings is 1. The molecule has 0 radical (unpaired) electrons. The molecule has 3 heteroatoms. The summed E-state index contributed by atoms with van der Waals surface area (Å²) in [7, 11) is 0. The van der Waals surface area contributed by atoms with Gasteiger partial charge in [0.05, 0.1) is 5.69 Å². The number of rotatable bonds is 1. The molecule has 0 amide bonds. The monoisotopic (exact) mass is 211 g/mol. The number of halogens is 2. The summed E-state index contributed by atoms with van der Waals surface area (Å²) < 4.78 is 27.0. The van der Waals surface area contributed by atoms with Crippen molar-refractivity contribution < 1.29 is 8.78 Å². The molecule has 1 fully saturated rings. The second-order valence-electron chi connectivity index (χ2n) is 4.08. The number of hydrogen-bond donors (Lipinski definition) is 0. The number of piperidine rings is 1. The molecule has 0 saturated carbocycles. The number of aryl methyl sites for hydroxylation is 1. The zero-order valence-electron chi connectivity index (χ0n) is 8.89. The lowest BCUT2D eigenvalue weighted by Crippen LogP contribution is -2.30. The van der Waals surface area contributed by atoms with E-state index in [0.717, 1.165) is 25.9 Å². The molecule has 1 aliphatic heterocycles. The van der Waals surface area contributed by atoms with E-state index in [9.17, 15) is 8.78 Å². The quantitative estimate of drug-likeness (QED) is 0.689. The molecule has 0 N–H and O–H groups in total. The van der Waals surface area contributed by atoms with E-state index >= 15 is 0 Å². The van der Waals surface area contributed by atoms with Crippen LogP contribution in [0.2, 0.25) is 0 Å². The van der Waals surface area contributed by atoms with E-state index in [2.05, 4.69) is 0 Å². The Labute approximate surface area is 88.7 Å². The van der Waals surface area contributed by atoms with Gasteiger partial charge in [0.1, 0.15) is 0 Å². The normalized spacial score (nSPS) is 16.9. The molecule has 0 aromatic heterocycles. The Balaban J connectivity index is 2.31. The third-order valence-electron chi connectivity index (χ3n) is 2.95. The molecule has 1 nitrogen and oxygen atoms in total. The molecule has 1 aliphatic rings. The summed E-state index contributed by atoms with van der Waals surface area (Å²) in [5.74, 6) is -1.41. The van der Waals surface area contributed by atoms with Crippen LogP contribution in [0, 0.1) is 18.6 Å². The van der Waals surface area contributed by atoms with Crippen molar-refractivity contribution in [1.29, 1.82) is 0 Å². The van der Waals surface area contributed by atoms with Crippen molar-refractivity contribution in [3.05, 3.63) is 29.3 Å². The van der Waals surface area contributed by atoms with Crippen LogP contribution in [0.5, 0.6) is 0 Å². The number of hydrogen-bond acceptors (Lipinski definition) is 1. The smallest absolute Gasteiger partial charge is 0.182 e. The minimum absolute atomic E-state index is 0.369. The van der Waals surface area contributed by atoms with Crippen molar-refractivity contribution in [1.82, 2.24) is 0 Å². The molecule has 2 rings (SSSR count). The summed E-state index contributed by atoms with van der Waals surface area (Å²) >= 11 is 0. The second-order valence-corrected chi connectivity index (χ2v) is 4.08. The van der Waals surface area contributed by atoms with Gasteiger partial charge < -0.3 is 4.90 Å². The van der Waals surface area contributed by atoms with Gasteiger partial charge in [-0.25, -0.2) is 8.78 Å². The predicted octanol–water partition coefficient (Wildman–Crippen LogP) is 3.26. The Bertz CT molecular complexity index is 357. The van der Waals surface area contributed by atoms with Crippen LogP contribution in [0.25, 0.3) is 0 Å². The van der Waals surface area contributed by atoms with Crippen LogP contribution in [-0.2, 0) is 0 Å². The molecule has 0 unspecified atom stereocenters. The fourth-order valence-electron chi connectivity index (χ4n) is 2.01. The Morgan fingerprint density at radius 3 is 2.33 bits per heavy atom. The first-order valence-electron chi connectivity index (χ1n) is 5.39. The van der Waals surface area contributed by atoms with Crippen LogP contribution in [0.3, 0.4) is 0 Å². The van der Waals surface area contributed by atoms with Gasteiger partial charge in [0.15, 0.2) is 11.6 Å². The standard InChI is InChI=1S/C12H15F2N/c1-9-5-6-10(12(14)11(9)13)15-7-3-2-4-8-15/h5-6H,2-4,7-8H2,1H3. The van der Waals surface area contributed by atoms with Crippen LogP contribution in [0.4, 0.5) is 14.5 Å². The van der Waals surface area contributed by atoms with Gasteiger partial charge in [0, 0.05) is 13.1 Å². The van der Waals surface area contributed by atoms with Gasteiger partial charge in [0.2, 0.25) is 0 Å². The largest absolute Gasteiger partial charge is 0.369 e. The molecule has 1 aromatic rings. The van der Waals surface area contributed by atoms with Gasteiger partial charge in [-0.2, -0.15) is 0 Å². The van der Waals surface area contributed by atoms with Crippen molar-refractivity contribution in [2.45, 2.75) is 26.2 Å². The maximum Gasteiger partial charge on any atom is 0.182 e. The van der Waals surface area contributed by atoms with Gasteiger partial charge in [0.25, 0.3) is 0 Å². The molecule has 0 aliphatic carbocycles. The van der Waals surface area contributed by atoms with Crippen LogP contribution < -0.4 is 4.90 Å². The van der Waals surface area contributed by atoms with Crippen molar-refractivity contribution in [2.24, 2.45) is 0 Å². The third-order valence-corrected chi connectivity index (χ3v) is 2.95. The number of nitrogens with zero attached hydrogens (tertiary/aromatic N) is 1. The van der Waals surface area contributed by atoms with E-state index in [0.29, 0.717) is 11.3 Å². The lowest BCUT2D eigenvalue weighted by Gasteiger charge is -2.29. The summed E-state index contributed by atoms with van der Waals surface area (Å²) in [6.45, 7) is 3.25. The SMILES string of the molecule is Cc1ccc(N2CCCCC2)c(F)c1F. The first kappa shape index (κ1) is 10.4. The fourth-order valence-corrected chi connectivity index (χ4v) is 2.01. The molecule has 0 bridgehead atoms. The highest BCUT2D eigenvalue weighted by Gasteiger charge is 2.18. The molecule has 82 valence electrons. The molecular weight excluding hydrogens is 196 g/mol. The maximum atomic E-state index is 13.6. The molecule has 1 aromatic carbocycles. The fraction of sp³-hybridized carbons (Fsp3) is 0.500. The molecule has 0 atom stereocenters. The van der Waals surface area contributed by atoms with Crippen LogP contribution in [0.15, 0.2) is 12.1 Å². The lowest BCUT2D eigenvalue weighted by molar-refractivity contribution is 0.493. The van der Waals surface area contributed by atoms with Crippen LogP contribution >= 0.6 is 0 Å². The van der Waals surface area contributed by atoms with E-state index < -0.39 is 11.6 Å². The van der Waals surface area contributed by atoms with Gasteiger partial charge >= 0.3 is 0 Å². The third kappa shape index (κ3) is 1.96. The Kier molecular flexibility index (Phi) is 2.89. The van der Waals surface area contributed by atoms with Gasteiger partial charge in [-0.1, -0.05) is 6.07 Å². The highest BCUT2D eigenvalue weighted by molar-refractivity contribution is 5.49. The molecule has 15 heavy (non-hydrogen) atoms.